The van der Waals surface area contributed by atoms with Crippen LogP contribution in [0.4, 0.5) is 0 Å². The molecule has 1 aliphatic heterocycles. The molecule has 0 spiro atoms. The number of methoxy groups -OCH3 is 1. The largest absolute Gasteiger partial charge is 0.497 e. The van der Waals surface area contributed by atoms with Gasteiger partial charge in [0.05, 0.1) is 13.2 Å². The molecule has 0 saturated carbocycles. The monoisotopic (exact) mass is 350 g/mol. The molecule has 1 fully saturated rings. The molecule has 0 aliphatic carbocycles. The van der Waals surface area contributed by atoms with E-state index in [4.69, 9.17) is 9.15 Å². The van der Waals surface area contributed by atoms with Crippen molar-refractivity contribution in [3.63, 3.8) is 0 Å². The number of benzene rings is 2. The lowest BCUT2D eigenvalue weighted by Gasteiger charge is -2.42. The fourth-order valence-corrected chi connectivity index (χ4v) is 3.88. The third-order valence-corrected chi connectivity index (χ3v) is 5.27. The van der Waals surface area contributed by atoms with Crippen LogP contribution in [0.2, 0.25) is 0 Å². The quantitative estimate of drug-likeness (QED) is 0.765. The molecule has 136 valence electrons. The first-order valence-electron chi connectivity index (χ1n) is 9.27. The molecule has 1 unspecified atom stereocenters. The zero-order chi connectivity index (χ0) is 18.1. The summed E-state index contributed by atoms with van der Waals surface area (Å²) in [6.45, 7) is 6.46. The van der Waals surface area contributed by atoms with Crippen molar-refractivity contribution in [1.82, 2.24) is 10.2 Å². The summed E-state index contributed by atoms with van der Waals surface area (Å²) in [4.78, 5) is 2.54. The summed E-state index contributed by atoms with van der Waals surface area (Å²) in [6.07, 6.45) is 0. The lowest BCUT2D eigenvalue weighted by Crippen LogP contribution is -2.55. The van der Waals surface area contributed by atoms with Crippen LogP contribution in [0.15, 0.2) is 59.0 Å². The predicted octanol–water partition coefficient (Wildman–Crippen LogP) is 4.21. The molecule has 0 radical (unpaired) electrons. The van der Waals surface area contributed by atoms with Crippen LogP contribution in [0.3, 0.4) is 0 Å². The Labute approximate surface area is 154 Å². The Morgan fingerprint density at radius 3 is 2.77 bits per heavy atom. The lowest BCUT2D eigenvalue weighted by atomic mass is 9.98. The van der Waals surface area contributed by atoms with Gasteiger partial charge in [-0.05, 0) is 43.7 Å². The molecule has 26 heavy (non-hydrogen) atoms. The van der Waals surface area contributed by atoms with E-state index in [9.17, 15) is 0 Å². The maximum Gasteiger partial charge on any atom is 0.134 e. The average Bonchev–Trinajstić information content (AvgIpc) is 3.08. The molecule has 4 nitrogen and oxygen atoms in total. The Morgan fingerprint density at radius 1 is 1.12 bits per heavy atom. The predicted molar refractivity (Wildman–Crippen MR) is 105 cm³/mol. The van der Waals surface area contributed by atoms with Gasteiger partial charge in [-0.3, -0.25) is 4.90 Å². The number of para-hydroxylation sites is 1. The second kappa shape index (κ2) is 7.14. The zero-order valence-electron chi connectivity index (χ0n) is 15.6. The summed E-state index contributed by atoms with van der Waals surface area (Å²) < 4.78 is 11.8. The van der Waals surface area contributed by atoms with Gasteiger partial charge in [0, 0.05) is 30.6 Å². The van der Waals surface area contributed by atoms with E-state index in [1.807, 2.05) is 18.2 Å². The van der Waals surface area contributed by atoms with E-state index in [-0.39, 0.29) is 6.04 Å². The number of rotatable bonds is 4. The highest BCUT2D eigenvalue weighted by Gasteiger charge is 2.33. The minimum atomic E-state index is 0.0667. The van der Waals surface area contributed by atoms with Gasteiger partial charge in [-0.15, -0.1) is 0 Å². The van der Waals surface area contributed by atoms with Crippen molar-refractivity contribution in [3.05, 3.63) is 65.9 Å². The van der Waals surface area contributed by atoms with Gasteiger partial charge < -0.3 is 14.5 Å². The van der Waals surface area contributed by atoms with E-state index < -0.39 is 0 Å². The first-order chi connectivity index (χ1) is 12.7. The summed E-state index contributed by atoms with van der Waals surface area (Å²) in [6, 6.07) is 19.7. The Bertz CT molecular complexity index is 855. The highest BCUT2D eigenvalue weighted by molar-refractivity contribution is 5.78. The zero-order valence-corrected chi connectivity index (χ0v) is 15.6. The fraction of sp³-hybridized carbons (Fsp3) is 0.364. The van der Waals surface area contributed by atoms with Crippen molar-refractivity contribution in [1.29, 1.82) is 0 Å². The number of ether oxygens (including phenoxy) is 1. The highest BCUT2D eigenvalue weighted by Crippen LogP contribution is 2.36. The minimum absolute atomic E-state index is 0.0667. The molecule has 0 bridgehead atoms. The third kappa shape index (κ3) is 3.22. The second-order valence-electron chi connectivity index (χ2n) is 7.22. The van der Waals surface area contributed by atoms with E-state index in [0.717, 1.165) is 35.6 Å². The smallest absolute Gasteiger partial charge is 0.134 e. The number of fused-ring (bicyclic) bond motifs is 1. The van der Waals surface area contributed by atoms with Crippen molar-refractivity contribution >= 4 is 11.0 Å². The molecule has 4 rings (SSSR count). The van der Waals surface area contributed by atoms with E-state index in [1.165, 1.54) is 5.56 Å². The summed E-state index contributed by atoms with van der Waals surface area (Å²) >= 11 is 0. The lowest BCUT2D eigenvalue weighted by molar-refractivity contribution is 0.103. The Hall–Kier alpha value is -2.30. The number of furan rings is 1. The minimum Gasteiger partial charge on any atom is -0.497 e. The van der Waals surface area contributed by atoms with Crippen LogP contribution in [-0.4, -0.2) is 37.2 Å². The van der Waals surface area contributed by atoms with Gasteiger partial charge in [-0.2, -0.15) is 0 Å². The van der Waals surface area contributed by atoms with Crippen LogP contribution in [0, 0.1) is 0 Å². The van der Waals surface area contributed by atoms with Gasteiger partial charge in [0.15, 0.2) is 0 Å². The summed E-state index contributed by atoms with van der Waals surface area (Å²) in [7, 11) is 1.71. The van der Waals surface area contributed by atoms with Crippen molar-refractivity contribution in [2.24, 2.45) is 0 Å². The van der Waals surface area contributed by atoms with E-state index in [1.54, 1.807) is 7.11 Å². The first kappa shape index (κ1) is 17.1. The van der Waals surface area contributed by atoms with Crippen molar-refractivity contribution in [3.8, 4) is 5.75 Å². The van der Waals surface area contributed by atoms with Crippen molar-refractivity contribution in [2.45, 2.75) is 32.0 Å². The Morgan fingerprint density at radius 2 is 1.96 bits per heavy atom. The molecule has 4 heteroatoms. The molecule has 1 saturated heterocycles. The van der Waals surface area contributed by atoms with Gasteiger partial charge in [-0.25, -0.2) is 0 Å². The fourth-order valence-electron chi connectivity index (χ4n) is 3.88. The van der Waals surface area contributed by atoms with Crippen LogP contribution in [0.25, 0.3) is 11.0 Å². The SMILES string of the molecule is COc1cccc(C(c2cc3ccccc3o2)N2C[C@@H](C)NC[C@@H]2C)c1. The van der Waals surface area contributed by atoms with Gasteiger partial charge >= 0.3 is 0 Å². The van der Waals surface area contributed by atoms with Crippen molar-refractivity contribution < 1.29 is 9.15 Å². The number of nitrogens with zero attached hydrogens (tertiary/aromatic N) is 1. The number of piperazine rings is 1. The number of hydrogen-bond acceptors (Lipinski definition) is 4. The Balaban J connectivity index is 1.82. The van der Waals surface area contributed by atoms with Crippen LogP contribution < -0.4 is 10.1 Å². The van der Waals surface area contributed by atoms with Gasteiger partial charge in [0.25, 0.3) is 0 Å². The van der Waals surface area contributed by atoms with Gasteiger partial charge in [-0.1, -0.05) is 30.3 Å². The molecule has 3 aromatic rings. The Kier molecular flexibility index (Phi) is 4.70. The van der Waals surface area contributed by atoms with Crippen molar-refractivity contribution in [2.75, 3.05) is 20.2 Å². The molecular formula is C22H26N2O2. The molecule has 2 heterocycles. The molecule has 1 aromatic heterocycles. The molecule has 3 atom stereocenters. The summed E-state index contributed by atoms with van der Waals surface area (Å²) in [5.74, 6) is 1.86. The summed E-state index contributed by atoms with van der Waals surface area (Å²) in [5.41, 5.74) is 2.13. The van der Waals surface area contributed by atoms with Crippen LogP contribution in [-0.2, 0) is 0 Å². The highest BCUT2D eigenvalue weighted by atomic mass is 16.5. The van der Waals surface area contributed by atoms with E-state index >= 15 is 0 Å². The second-order valence-corrected chi connectivity index (χ2v) is 7.22. The molecule has 2 aromatic carbocycles. The third-order valence-electron chi connectivity index (χ3n) is 5.27. The molecule has 0 amide bonds. The van der Waals surface area contributed by atoms with Crippen LogP contribution in [0.1, 0.15) is 31.2 Å². The number of hydrogen-bond donors (Lipinski definition) is 1. The first-order valence-corrected chi connectivity index (χ1v) is 9.27. The molecular weight excluding hydrogens is 324 g/mol. The van der Waals surface area contributed by atoms with Crippen LogP contribution >= 0.6 is 0 Å². The van der Waals surface area contributed by atoms with Gasteiger partial charge in [0.2, 0.25) is 0 Å². The molecule has 1 N–H and O–H groups in total. The topological polar surface area (TPSA) is 37.6 Å². The average molecular weight is 350 g/mol. The van der Waals surface area contributed by atoms with E-state index in [0.29, 0.717) is 12.1 Å². The van der Waals surface area contributed by atoms with Crippen LogP contribution in [0.5, 0.6) is 5.75 Å². The van der Waals surface area contributed by atoms with Gasteiger partial charge in [0.1, 0.15) is 17.1 Å². The summed E-state index contributed by atoms with van der Waals surface area (Å²) in [5, 5.41) is 4.72. The normalized spacial score (nSPS) is 22.4. The van der Waals surface area contributed by atoms with E-state index in [2.05, 4.69) is 60.5 Å². The number of nitrogens with one attached hydrogen (secondary N) is 1. The molecule has 1 aliphatic rings. The maximum atomic E-state index is 6.29. The maximum absolute atomic E-state index is 6.29. The standard InChI is InChI=1S/C22H26N2O2/c1-15-14-24(16(2)13-23-15)22(18-8-6-9-19(11-18)25-3)21-12-17-7-4-5-10-20(17)26-21/h4-12,15-16,22-23H,13-14H2,1-3H3/t15-,16+,22?/m1/s1.